The van der Waals surface area contributed by atoms with Crippen LogP contribution in [0.1, 0.15) is 5.56 Å². The Hall–Kier alpha value is -2.90. The van der Waals surface area contributed by atoms with E-state index < -0.39 is 5.96 Å². The van der Waals surface area contributed by atoms with Crippen LogP contribution in [0.3, 0.4) is 0 Å². The maximum absolute atomic E-state index is 8.28. The van der Waals surface area contributed by atoms with Gasteiger partial charge in [-0.2, -0.15) is 0 Å². The van der Waals surface area contributed by atoms with E-state index in [2.05, 4.69) is 84.9 Å². The Balaban J connectivity index is 1.87. The van der Waals surface area contributed by atoms with Gasteiger partial charge in [-0.1, -0.05) is 0 Å². The van der Waals surface area contributed by atoms with Crippen LogP contribution in [0.15, 0.2) is 121 Å². The van der Waals surface area contributed by atoms with Crippen molar-refractivity contribution in [2.24, 2.45) is 7.05 Å². The monoisotopic (exact) mass is 502 g/mol. The predicted molar refractivity (Wildman–Crippen MR) is 148 cm³/mol. The molecule has 0 aliphatic carbocycles. The molecule has 0 radical (unpaired) electrons. The molecule has 34 heavy (non-hydrogen) atoms. The molecule has 0 atom stereocenters. The molecule has 0 aliphatic rings. The van der Waals surface area contributed by atoms with E-state index in [1.807, 2.05) is 43.4 Å². The van der Waals surface area contributed by atoms with Crippen molar-refractivity contribution in [2.45, 2.75) is 6.16 Å². The van der Waals surface area contributed by atoms with Crippen molar-refractivity contribution < 1.29 is 0 Å². The molecule has 0 amide bonds. The van der Waals surface area contributed by atoms with Gasteiger partial charge in [-0.3, -0.25) is 0 Å². The van der Waals surface area contributed by atoms with Gasteiger partial charge in [0.2, 0.25) is 0 Å². The first-order valence-corrected chi connectivity index (χ1v) is 14.9. The maximum atomic E-state index is 8.28. The first kappa shape index (κ1) is 22.9. The minimum absolute atomic E-state index is 0.544. The first-order chi connectivity index (χ1) is 16.5. The molecular weight excluding hydrogens is 478 g/mol. The number of halogens is 2. The zero-order valence-corrected chi connectivity index (χ0v) is 21.3. The fourth-order valence-electron chi connectivity index (χ4n) is 4.75. The van der Waals surface area contributed by atoms with Crippen LogP contribution in [0.4, 0.5) is 0 Å². The van der Waals surface area contributed by atoms with Crippen LogP contribution in [0, 0.1) is 0 Å². The molecule has 2 nitrogen and oxygen atoms in total. The van der Waals surface area contributed by atoms with Gasteiger partial charge >= 0.3 is 211 Å². The fourth-order valence-corrected chi connectivity index (χ4v) is 11.1. The Bertz CT molecular complexity index is 1300. The van der Waals surface area contributed by atoms with Crippen molar-refractivity contribution in [1.82, 2.24) is 9.78 Å². The summed E-state index contributed by atoms with van der Waals surface area (Å²) in [5, 5.41) is 8.74. The molecule has 0 fully saturated rings. The normalized spacial score (nSPS) is 12.7. The zero-order chi connectivity index (χ0) is 23.6. The van der Waals surface area contributed by atoms with Crippen molar-refractivity contribution in [2.75, 3.05) is 0 Å². The van der Waals surface area contributed by atoms with Crippen molar-refractivity contribution in [3.05, 3.63) is 132 Å². The third kappa shape index (κ3) is 3.67. The summed E-state index contributed by atoms with van der Waals surface area (Å²) in [5.41, 5.74) is 2.85. The van der Waals surface area contributed by atoms with E-state index in [0.717, 1.165) is 32.7 Å². The number of aromatic nitrogens is 2. The standard InChI is InChI=1S/C29H25Cl2N2P/c1-33-29(30)27(28(32-33)23-14-6-2-7-15-23)22-34(31,24-16-8-3-9-17-24,25-18-10-4-11-19-25)26-20-12-5-13-21-26/h2-21H,22H2,1H3. The summed E-state index contributed by atoms with van der Waals surface area (Å²) in [6.45, 7) is 0. The van der Waals surface area contributed by atoms with Crippen molar-refractivity contribution in [1.29, 1.82) is 0 Å². The van der Waals surface area contributed by atoms with Gasteiger partial charge in [0.15, 0.2) is 0 Å². The van der Waals surface area contributed by atoms with E-state index in [9.17, 15) is 0 Å². The molecule has 0 unspecified atom stereocenters. The quantitative estimate of drug-likeness (QED) is 0.230. The molecule has 0 aliphatic heterocycles. The fraction of sp³-hybridized carbons (Fsp3) is 0.0690. The van der Waals surface area contributed by atoms with Gasteiger partial charge < -0.3 is 0 Å². The molecule has 0 saturated carbocycles. The number of aryl methyl sites for hydroxylation is 1. The molecule has 1 aromatic heterocycles. The average molecular weight is 503 g/mol. The Morgan fingerprint density at radius 1 is 0.647 bits per heavy atom. The molecule has 1 heterocycles. The van der Waals surface area contributed by atoms with Crippen LogP contribution in [0.2, 0.25) is 5.15 Å². The van der Waals surface area contributed by atoms with Crippen molar-refractivity contribution in [3.8, 4) is 11.3 Å². The summed E-state index contributed by atoms with van der Waals surface area (Å²) in [5.74, 6) is -3.54. The molecule has 0 N–H and O–H groups in total. The van der Waals surface area contributed by atoms with E-state index in [1.54, 1.807) is 4.68 Å². The molecular formula is C29H25Cl2N2P. The second-order valence-electron chi connectivity index (χ2n) is 8.46. The van der Waals surface area contributed by atoms with Crippen LogP contribution >= 0.6 is 28.8 Å². The summed E-state index contributed by atoms with van der Waals surface area (Å²) in [7, 11) is 1.88. The molecule has 0 bridgehead atoms. The van der Waals surface area contributed by atoms with E-state index in [0.29, 0.717) is 11.3 Å². The third-order valence-corrected chi connectivity index (χ3v) is 14.1. The van der Waals surface area contributed by atoms with E-state index in [-0.39, 0.29) is 0 Å². The predicted octanol–water partition coefficient (Wildman–Crippen LogP) is 6.92. The van der Waals surface area contributed by atoms with Crippen molar-refractivity contribution in [3.63, 3.8) is 0 Å². The van der Waals surface area contributed by atoms with Crippen LogP contribution in [0.5, 0.6) is 0 Å². The third-order valence-electron chi connectivity index (χ3n) is 6.45. The second-order valence-corrected chi connectivity index (χ2v) is 15.3. The molecule has 5 aromatic rings. The Kier molecular flexibility index (Phi) is 6.08. The number of hydrogen-bond donors (Lipinski definition) is 0. The summed E-state index contributed by atoms with van der Waals surface area (Å²) < 4.78 is 1.75. The number of nitrogens with zero attached hydrogens (tertiary/aromatic N) is 2. The molecule has 4 aromatic carbocycles. The van der Waals surface area contributed by atoms with Gasteiger partial charge in [-0.05, 0) is 0 Å². The van der Waals surface area contributed by atoms with Crippen LogP contribution in [-0.2, 0) is 13.2 Å². The van der Waals surface area contributed by atoms with Gasteiger partial charge in [-0.25, -0.2) is 0 Å². The van der Waals surface area contributed by atoms with Gasteiger partial charge in [-0.15, -0.1) is 0 Å². The zero-order valence-electron chi connectivity index (χ0n) is 18.9. The minimum atomic E-state index is -3.54. The molecule has 0 saturated heterocycles. The summed E-state index contributed by atoms with van der Waals surface area (Å²) in [6, 6.07) is 41.6. The molecule has 5 rings (SSSR count). The van der Waals surface area contributed by atoms with Gasteiger partial charge in [0.1, 0.15) is 0 Å². The van der Waals surface area contributed by atoms with Crippen molar-refractivity contribution >= 4 is 44.7 Å². The molecule has 170 valence electrons. The Labute approximate surface area is 210 Å². The number of benzene rings is 4. The number of rotatable bonds is 6. The second kappa shape index (κ2) is 9.04. The SMILES string of the molecule is Cn1nc(-c2ccccc2)c(CP(Cl)(c2ccccc2)(c2ccccc2)c2ccccc2)c1Cl. The van der Waals surface area contributed by atoms with E-state index in [1.165, 1.54) is 0 Å². The summed E-state index contributed by atoms with van der Waals surface area (Å²) in [6.07, 6.45) is 0.544. The van der Waals surface area contributed by atoms with Gasteiger partial charge in [0.25, 0.3) is 0 Å². The first-order valence-electron chi connectivity index (χ1n) is 11.2. The Morgan fingerprint density at radius 2 is 1.03 bits per heavy atom. The average Bonchev–Trinajstić information content (AvgIpc) is 3.19. The molecule has 5 heteroatoms. The number of hydrogen-bond acceptors (Lipinski definition) is 1. The van der Waals surface area contributed by atoms with Gasteiger partial charge in [0, 0.05) is 0 Å². The van der Waals surface area contributed by atoms with Gasteiger partial charge in [0.05, 0.1) is 0 Å². The summed E-state index contributed by atoms with van der Waals surface area (Å²) >= 11 is 15.2. The Morgan fingerprint density at radius 3 is 1.44 bits per heavy atom. The van der Waals surface area contributed by atoms with Crippen LogP contribution in [-0.4, -0.2) is 9.78 Å². The van der Waals surface area contributed by atoms with E-state index in [4.69, 9.17) is 27.9 Å². The summed E-state index contributed by atoms with van der Waals surface area (Å²) in [4.78, 5) is 0. The van der Waals surface area contributed by atoms with Crippen LogP contribution in [0.25, 0.3) is 11.3 Å². The van der Waals surface area contributed by atoms with Crippen LogP contribution < -0.4 is 15.9 Å². The van der Waals surface area contributed by atoms with E-state index >= 15 is 0 Å². The molecule has 0 spiro atoms. The topological polar surface area (TPSA) is 17.8 Å².